The summed E-state index contributed by atoms with van der Waals surface area (Å²) in [5, 5.41) is 0.665. The second kappa shape index (κ2) is 5.35. The molecule has 3 nitrogen and oxygen atoms in total. The summed E-state index contributed by atoms with van der Waals surface area (Å²) < 4.78 is 20.0. The molecule has 2 aromatic heterocycles. The zero-order chi connectivity index (χ0) is 14.3. The number of rotatable bonds is 3. The Morgan fingerprint density at radius 3 is 2.70 bits per heavy atom. The van der Waals surface area contributed by atoms with Crippen LogP contribution in [0.1, 0.15) is 17.4 Å². The average molecular weight is 331 g/mol. The fourth-order valence-corrected chi connectivity index (χ4v) is 3.58. The van der Waals surface area contributed by atoms with Crippen LogP contribution in [0.5, 0.6) is 0 Å². The van der Waals surface area contributed by atoms with Crippen LogP contribution in [0.25, 0.3) is 11.0 Å². The normalized spacial score (nSPS) is 13.0. The van der Waals surface area contributed by atoms with Gasteiger partial charge in [-0.25, -0.2) is 9.82 Å². The Labute approximate surface area is 128 Å². The molecule has 3 rings (SSSR count). The number of halogens is 3. The van der Waals surface area contributed by atoms with Crippen LogP contribution in [0.3, 0.4) is 0 Å². The Kier molecular flexibility index (Phi) is 3.70. The molecule has 0 radical (unpaired) electrons. The molecular weight excluding hydrogens is 322 g/mol. The van der Waals surface area contributed by atoms with Gasteiger partial charge in [0, 0.05) is 10.9 Å². The van der Waals surface area contributed by atoms with Crippen LogP contribution >= 0.6 is 34.5 Å². The van der Waals surface area contributed by atoms with Crippen LogP contribution in [0.2, 0.25) is 8.67 Å². The number of hydrogen-bond acceptors (Lipinski definition) is 4. The van der Waals surface area contributed by atoms with Crippen molar-refractivity contribution in [1.82, 2.24) is 5.43 Å². The van der Waals surface area contributed by atoms with Gasteiger partial charge in [0.1, 0.15) is 23.2 Å². The standard InChI is InChI=1S/C13H9Cl2FN2OS/c14-11-5-8(13(15)20-11)12(18-17)10-4-6-3-7(16)1-2-9(6)19-10/h1-5,12,18H,17H2. The highest BCUT2D eigenvalue weighted by Crippen LogP contribution is 2.38. The van der Waals surface area contributed by atoms with E-state index in [-0.39, 0.29) is 5.82 Å². The highest BCUT2D eigenvalue weighted by atomic mass is 35.5. The maximum Gasteiger partial charge on any atom is 0.134 e. The quantitative estimate of drug-likeness (QED) is 0.549. The van der Waals surface area contributed by atoms with Gasteiger partial charge in [-0.1, -0.05) is 23.2 Å². The van der Waals surface area contributed by atoms with Crippen molar-refractivity contribution in [3.8, 4) is 0 Å². The van der Waals surface area contributed by atoms with Gasteiger partial charge in [0.15, 0.2) is 0 Å². The van der Waals surface area contributed by atoms with Crippen molar-refractivity contribution in [2.45, 2.75) is 6.04 Å². The molecule has 0 aliphatic rings. The third-order valence-electron chi connectivity index (χ3n) is 2.94. The number of furan rings is 1. The van der Waals surface area contributed by atoms with Crippen LogP contribution in [-0.4, -0.2) is 0 Å². The lowest BCUT2D eigenvalue weighted by Crippen LogP contribution is -2.28. The lowest BCUT2D eigenvalue weighted by atomic mass is 10.1. The molecule has 3 aromatic rings. The van der Waals surface area contributed by atoms with Gasteiger partial charge in [-0.2, -0.15) is 0 Å². The average Bonchev–Trinajstić information content (AvgIpc) is 2.94. The van der Waals surface area contributed by atoms with E-state index in [9.17, 15) is 4.39 Å². The van der Waals surface area contributed by atoms with Gasteiger partial charge in [-0.15, -0.1) is 11.3 Å². The van der Waals surface area contributed by atoms with E-state index in [1.807, 2.05) is 0 Å². The molecular formula is C13H9Cl2FN2OS. The van der Waals surface area contributed by atoms with Gasteiger partial charge >= 0.3 is 0 Å². The Balaban J connectivity index is 2.09. The number of benzene rings is 1. The van der Waals surface area contributed by atoms with E-state index >= 15 is 0 Å². The Morgan fingerprint density at radius 1 is 1.25 bits per heavy atom. The first-order chi connectivity index (χ1) is 9.58. The molecule has 0 fully saturated rings. The van der Waals surface area contributed by atoms with E-state index < -0.39 is 6.04 Å². The lowest BCUT2D eigenvalue weighted by molar-refractivity contribution is 0.478. The monoisotopic (exact) mass is 330 g/mol. The Morgan fingerprint density at radius 2 is 2.05 bits per heavy atom. The van der Waals surface area contributed by atoms with Crippen molar-refractivity contribution in [2.24, 2.45) is 5.84 Å². The predicted octanol–water partition coefficient (Wildman–Crippen LogP) is 4.49. The first-order valence-electron chi connectivity index (χ1n) is 5.68. The minimum absolute atomic E-state index is 0.321. The van der Waals surface area contributed by atoms with Crippen LogP contribution in [0.15, 0.2) is 34.7 Å². The summed E-state index contributed by atoms with van der Waals surface area (Å²) in [6, 6.07) is 7.33. The highest BCUT2D eigenvalue weighted by molar-refractivity contribution is 7.20. The highest BCUT2D eigenvalue weighted by Gasteiger charge is 2.22. The molecule has 0 saturated heterocycles. The SMILES string of the molecule is NNC(c1cc2cc(F)ccc2o1)c1cc(Cl)sc1Cl. The summed E-state index contributed by atoms with van der Waals surface area (Å²) in [7, 11) is 0. The molecule has 1 unspecified atom stereocenters. The van der Waals surface area contributed by atoms with E-state index in [4.69, 9.17) is 33.5 Å². The van der Waals surface area contributed by atoms with Gasteiger partial charge in [0.25, 0.3) is 0 Å². The number of nitrogens with one attached hydrogen (secondary N) is 1. The Bertz CT molecular complexity index is 771. The zero-order valence-corrected chi connectivity index (χ0v) is 12.3. The van der Waals surface area contributed by atoms with Crippen molar-refractivity contribution >= 4 is 45.5 Å². The van der Waals surface area contributed by atoms with Gasteiger partial charge in [0.2, 0.25) is 0 Å². The minimum Gasteiger partial charge on any atom is -0.459 e. The zero-order valence-electron chi connectivity index (χ0n) is 9.99. The number of hydrazine groups is 1. The van der Waals surface area contributed by atoms with E-state index in [2.05, 4.69) is 5.43 Å². The summed E-state index contributed by atoms with van der Waals surface area (Å²) in [4.78, 5) is 0. The molecule has 0 aliphatic carbocycles. The van der Waals surface area contributed by atoms with E-state index in [1.165, 1.54) is 23.5 Å². The number of nitrogens with two attached hydrogens (primary N) is 1. The molecule has 0 aliphatic heterocycles. The number of thiophene rings is 1. The molecule has 1 aromatic carbocycles. The van der Waals surface area contributed by atoms with Crippen LogP contribution in [-0.2, 0) is 0 Å². The molecule has 2 heterocycles. The Hall–Kier alpha value is -1.11. The molecule has 7 heteroatoms. The topological polar surface area (TPSA) is 51.2 Å². The fraction of sp³-hybridized carbons (Fsp3) is 0.0769. The summed E-state index contributed by atoms with van der Waals surface area (Å²) in [6.45, 7) is 0. The summed E-state index contributed by atoms with van der Waals surface area (Å²) in [6.07, 6.45) is 0. The first-order valence-corrected chi connectivity index (χ1v) is 7.25. The van der Waals surface area contributed by atoms with Crippen molar-refractivity contribution in [1.29, 1.82) is 0 Å². The smallest absolute Gasteiger partial charge is 0.134 e. The number of fused-ring (bicyclic) bond motifs is 1. The minimum atomic E-state index is -0.443. The third-order valence-corrected chi connectivity index (χ3v) is 4.46. The largest absolute Gasteiger partial charge is 0.459 e. The van der Waals surface area contributed by atoms with Gasteiger partial charge in [-0.05, 0) is 30.3 Å². The van der Waals surface area contributed by atoms with Crippen molar-refractivity contribution in [3.05, 3.63) is 56.1 Å². The second-order valence-corrected chi connectivity index (χ2v) is 6.50. The first kappa shape index (κ1) is 13.9. The molecule has 0 amide bonds. The molecule has 3 N–H and O–H groups in total. The van der Waals surface area contributed by atoms with E-state index in [0.717, 1.165) is 5.56 Å². The van der Waals surface area contributed by atoms with E-state index in [0.29, 0.717) is 25.4 Å². The molecule has 0 saturated carbocycles. The molecule has 0 bridgehead atoms. The van der Waals surface area contributed by atoms with Crippen LogP contribution in [0, 0.1) is 5.82 Å². The maximum absolute atomic E-state index is 13.2. The number of hydrogen-bond donors (Lipinski definition) is 2. The van der Waals surface area contributed by atoms with Crippen LogP contribution < -0.4 is 11.3 Å². The molecule has 1 atom stereocenters. The van der Waals surface area contributed by atoms with Gasteiger partial charge in [0.05, 0.1) is 8.67 Å². The van der Waals surface area contributed by atoms with Crippen molar-refractivity contribution in [2.75, 3.05) is 0 Å². The molecule has 104 valence electrons. The van der Waals surface area contributed by atoms with Crippen molar-refractivity contribution < 1.29 is 8.81 Å². The fourth-order valence-electron chi connectivity index (χ4n) is 2.05. The van der Waals surface area contributed by atoms with E-state index in [1.54, 1.807) is 18.2 Å². The third kappa shape index (κ3) is 2.43. The summed E-state index contributed by atoms with van der Waals surface area (Å²) in [5.74, 6) is 5.81. The predicted molar refractivity (Wildman–Crippen MR) is 79.7 cm³/mol. The molecule has 20 heavy (non-hydrogen) atoms. The van der Waals surface area contributed by atoms with Crippen LogP contribution in [0.4, 0.5) is 4.39 Å². The second-order valence-electron chi connectivity index (χ2n) is 4.21. The molecule has 0 spiro atoms. The van der Waals surface area contributed by atoms with Gasteiger partial charge in [-0.3, -0.25) is 5.84 Å². The van der Waals surface area contributed by atoms with Gasteiger partial charge < -0.3 is 4.42 Å². The summed E-state index contributed by atoms with van der Waals surface area (Å²) in [5.41, 5.74) is 3.95. The maximum atomic E-state index is 13.2. The van der Waals surface area contributed by atoms with Crippen molar-refractivity contribution in [3.63, 3.8) is 0 Å². The lowest BCUT2D eigenvalue weighted by Gasteiger charge is -2.12. The summed E-state index contributed by atoms with van der Waals surface area (Å²) >= 11 is 13.3.